The highest BCUT2D eigenvalue weighted by Crippen LogP contribution is 2.27. The monoisotopic (exact) mass is 279 g/mol. The predicted octanol–water partition coefficient (Wildman–Crippen LogP) is 4.37. The van der Waals surface area contributed by atoms with E-state index in [2.05, 4.69) is 0 Å². The molecular weight excluding hydrogens is 272 g/mol. The van der Waals surface area contributed by atoms with Crippen LogP contribution in [-0.4, -0.2) is 0 Å². The SMILES string of the molecule is N#Cc1ccc(Oc2cc(F)cc(CCl)c2)c(F)c1. The zero-order valence-corrected chi connectivity index (χ0v) is 10.4. The van der Waals surface area contributed by atoms with Gasteiger partial charge in [0.25, 0.3) is 0 Å². The molecule has 0 aliphatic heterocycles. The van der Waals surface area contributed by atoms with Crippen LogP contribution in [0, 0.1) is 23.0 Å². The van der Waals surface area contributed by atoms with Crippen LogP contribution >= 0.6 is 11.6 Å². The summed E-state index contributed by atoms with van der Waals surface area (Å²) in [6.45, 7) is 0. The van der Waals surface area contributed by atoms with Crippen LogP contribution in [0.4, 0.5) is 8.78 Å². The molecule has 0 aliphatic carbocycles. The van der Waals surface area contributed by atoms with Crippen molar-refractivity contribution in [2.45, 2.75) is 5.88 Å². The summed E-state index contributed by atoms with van der Waals surface area (Å²) < 4.78 is 32.1. The zero-order valence-electron chi connectivity index (χ0n) is 9.66. The number of nitrogens with zero attached hydrogens (tertiary/aromatic N) is 1. The molecule has 0 aromatic heterocycles. The first-order valence-corrected chi connectivity index (χ1v) is 5.89. The fraction of sp³-hybridized carbons (Fsp3) is 0.0714. The van der Waals surface area contributed by atoms with Crippen molar-refractivity contribution in [1.82, 2.24) is 0 Å². The molecule has 2 aromatic carbocycles. The lowest BCUT2D eigenvalue weighted by molar-refractivity contribution is 0.438. The van der Waals surface area contributed by atoms with E-state index in [-0.39, 0.29) is 22.9 Å². The van der Waals surface area contributed by atoms with E-state index in [1.807, 2.05) is 6.07 Å². The van der Waals surface area contributed by atoms with Gasteiger partial charge in [-0.05, 0) is 35.9 Å². The standard InChI is InChI=1S/C14H8ClF2NO/c15-7-10-3-11(16)6-12(4-10)19-14-2-1-9(8-18)5-13(14)17/h1-6H,7H2. The van der Waals surface area contributed by atoms with Gasteiger partial charge >= 0.3 is 0 Å². The van der Waals surface area contributed by atoms with Gasteiger partial charge in [-0.1, -0.05) is 0 Å². The number of benzene rings is 2. The van der Waals surface area contributed by atoms with Crippen LogP contribution in [0.1, 0.15) is 11.1 Å². The van der Waals surface area contributed by atoms with Gasteiger partial charge in [0.1, 0.15) is 11.6 Å². The molecular formula is C14H8ClF2NO. The first kappa shape index (κ1) is 13.3. The van der Waals surface area contributed by atoms with E-state index in [9.17, 15) is 8.78 Å². The van der Waals surface area contributed by atoms with Gasteiger partial charge < -0.3 is 4.74 Å². The lowest BCUT2D eigenvalue weighted by Crippen LogP contribution is -1.91. The number of ether oxygens (including phenoxy) is 1. The number of nitriles is 1. The van der Waals surface area contributed by atoms with Gasteiger partial charge in [-0.25, -0.2) is 8.78 Å². The molecule has 0 radical (unpaired) electrons. The maximum atomic E-state index is 13.6. The van der Waals surface area contributed by atoms with Crippen LogP contribution in [0.25, 0.3) is 0 Å². The van der Waals surface area contributed by atoms with Crippen LogP contribution in [0.5, 0.6) is 11.5 Å². The van der Waals surface area contributed by atoms with Crippen molar-refractivity contribution < 1.29 is 13.5 Å². The number of hydrogen-bond donors (Lipinski definition) is 0. The lowest BCUT2D eigenvalue weighted by atomic mass is 10.2. The minimum Gasteiger partial charge on any atom is -0.454 e. The van der Waals surface area contributed by atoms with Crippen molar-refractivity contribution in [3.63, 3.8) is 0 Å². The molecule has 2 nitrogen and oxygen atoms in total. The van der Waals surface area contributed by atoms with E-state index < -0.39 is 11.6 Å². The third kappa shape index (κ3) is 3.21. The first-order valence-electron chi connectivity index (χ1n) is 5.35. The van der Waals surface area contributed by atoms with Crippen LogP contribution < -0.4 is 4.74 Å². The molecule has 0 N–H and O–H groups in total. The van der Waals surface area contributed by atoms with Gasteiger partial charge in [-0.2, -0.15) is 5.26 Å². The van der Waals surface area contributed by atoms with Gasteiger partial charge in [-0.3, -0.25) is 0 Å². The topological polar surface area (TPSA) is 33.0 Å². The Balaban J connectivity index is 2.31. The maximum Gasteiger partial charge on any atom is 0.167 e. The van der Waals surface area contributed by atoms with Gasteiger partial charge in [0, 0.05) is 11.9 Å². The van der Waals surface area contributed by atoms with E-state index in [0.717, 1.165) is 12.1 Å². The molecule has 96 valence electrons. The molecule has 0 fully saturated rings. The summed E-state index contributed by atoms with van der Waals surface area (Å²) in [4.78, 5) is 0. The molecule has 0 aliphatic rings. The summed E-state index contributed by atoms with van der Waals surface area (Å²) in [5, 5.41) is 8.63. The predicted molar refractivity (Wildman–Crippen MR) is 67.1 cm³/mol. The van der Waals surface area contributed by atoms with E-state index in [0.29, 0.717) is 5.56 Å². The average Bonchev–Trinajstić information content (AvgIpc) is 2.40. The summed E-state index contributed by atoms with van der Waals surface area (Å²) in [6, 6.07) is 9.53. The molecule has 0 saturated heterocycles. The highest BCUT2D eigenvalue weighted by atomic mass is 35.5. The quantitative estimate of drug-likeness (QED) is 0.782. The Morgan fingerprint density at radius 3 is 2.58 bits per heavy atom. The highest BCUT2D eigenvalue weighted by Gasteiger charge is 2.08. The fourth-order valence-corrected chi connectivity index (χ4v) is 1.69. The van der Waals surface area contributed by atoms with E-state index in [1.54, 1.807) is 0 Å². The van der Waals surface area contributed by atoms with Gasteiger partial charge in [0.15, 0.2) is 11.6 Å². The van der Waals surface area contributed by atoms with Crippen molar-refractivity contribution >= 4 is 11.6 Å². The summed E-state index contributed by atoms with van der Waals surface area (Å²) >= 11 is 5.61. The van der Waals surface area contributed by atoms with Crippen molar-refractivity contribution in [3.8, 4) is 17.6 Å². The minimum absolute atomic E-state index is 0.0786. The van der Waals surface area contributed by atoms with E-state index >= 15 is 0 Å². The number of alkyl halides is 1. The largest absolute Gasteiger partial charge is 0.454 e. The number of rotatable bonds is 3. The fourth-order valence-electron chi connectivity index (χ4n) is 1.54. The average molecular weight is 280 g/mol. The third-order valence-electron chi connectivity index (χ3n) is 2.37. The second-order valence-corrected chi connectivity index (χ2v) is 4.06. The second-order valence-electron chi connectivity index (χ2n) is 3.79. The van der Waals surface area contributed by atoms with E-state index in [1.165, 1.54) is 24.3 Å². The molecule has 0 unspecified atom stereocenters. The molecule has 0 bridgehead atoms. The smallest absolute Gasteiger partial charge is 0.167 e. The minimum atomic E-state index is -0.685. The molecule has 0 saturated carbocycles. The lowest BCUT2D eigenvalue weighted by Gasteiger charge is -2.08. The maximum absolute atomic E-state index is 13.6. The highest BCUT2D eigenvalue weighted by molar-refractivity contribution is 6.17. The molecule has 2 rings (SSSR count). The Morgan fingerprint density at radius 2 is 1.95 bits per heavy atom. The van der Waals surface area contributed by atoms with Crippen molar-refractivity contribution in [3.05, 3.63) is 59.2 Å². The zero-order chi connectivity index (χ0) is 13.8. The van der Waals surface area contributed by atoms with Crippen molar-refractivity contribution in [1.29, 1.82) is 5.26 Å². The number of hydrogen-bond acceptors (Lipinski definition) is 2. The molecule has 0 atom stereocenters. The third-order valence-corrected chi connectivity index (χ3v) is 2.68. The van der Waals surface area contributed by atoms with Gasteiger partial charge in [-0.15, -0.1) is 11.6 Å². The normalized spacial score (nSPS) is 10.0. The van der Waals surface area contributed by atoms with Crippen LogP contribution in [0.15, 0.2) is 36.4 Å². The molecule has 2 aromatic rings. The molecule has 0 spiro atoms. The van der Waals surface area contributed by atoms with Crippen LogP contribution in [0.3, 0.4) is 0 Å². The van der Waals surface area contributed by atoms with Crippen LogP contribution in [-0.2, 0) is 5.88 Å². The Labute approximate surface area is 113 Å². The van der Waals surface area contributed by atoms with Crippen molar-refractivity contribution in [2.75, 3.05) is 0 Å². The summed E-state index contributed by atoms with van der Waals surface area (Å²) in [5.41, 5.74) is 0.719. The van der Waals surface area contributed by atoms with Gasteiger partial charge in [0.2, 0.25) is 0 Å². The Hall–Kier alpha value is -2.12. The van der Waals surface area contributed by atoms with E-state index in [4.69, 9.17) is 21.6 Å². The second kappa shape index (κ2) is 5.68. The molecule has 0 heterocycles. The Morgan fingerprint density at radius 1 is 1.16 bits per heavy atom. The number of halogens is 3. The summed E-state index contributed by atoms with van der Waals surface area (Å²) in [6.07, 6.45) is 0. The summed E-state index contributed by atoms with van der Waals surface area (Å²) in [5.74, 6) is -0.994. The first-order chi connectivity index (χ1) is 9.12. The molecule has 0 amide bonds. The Kier molecular flexibility index (Phi) is 3.98. The van der Waals surface area contributed by atoms with Gasteiger partial charge in [0.05, 0.1) is 11.6 Å². The Bertz CT molecular complexity index is 652. The molecule has 5 heteroatoms. The molecule has 19 heavy (non-hydrogen) atoms. The van der Waals surface area contributed by atoms with Crippen LogP contribution in [0.2, 0.25) is 0 Å². The summed E-state index contributed by atoms with van der Waals surface area (Å²) in [7, 11) is 0. The van der Waals surface area contributed by atoms with Crippen molar-refractivity contribution in [2.24, 2.45) is 0 Å².